The van der Waals surface area contributed by atoms with Gasteiger partial charge in [0.2, 0.25) is 0 Å². The predicted octanol–water partition coefficient (Wildman–Crippen LogP) is 4.13. The lowest BCUT2D eigenvalue weighted by molar-refractivity contribution is 0.411. The summed E-state index contributed by atoms with van der Waals surface area (Å²) in [6, 6.07) is 13.1. The molecule has 0 radical (unpaired) electrons. The van der Waals surface area contributed by atoms with E-state index in [0.717, 1.165) is 18.1 Å². The summed E-state index contributed by atoms with van der Waals surface area (Å²) in [5.41, 5.74) is 1.49. The van der Waals surface area contributed by atoms with Crippen molar-refractivity contribution in [2.75, 3.05) is 12.3 Å². The summed E-state index contributed by atoms with van der Waals surface area (Å²) >= 11 is 1.96. The number of nitrogens with one attached hydrogen (secondary N) is 1. The fraction of sp³-hybridized carbons (Fsp3) is 0.375. The molecule has 1 aromatic heterocycles. The van der Waals surface area contributed by atoms with E-state index in [1.54, 1.807) is 0 Å². The van der Waals surface area contributed by atoms with E-state index >= 15 is 0 Å². The maximum absolute atomic E-state index is 5.66. The Morgan fingerprint density at radius 2 is 2.16 bits per heavy atom. The minimum Gasteiger partial charge on any atom is -0.465 e. The van der Waals surface area contributed by atoms with E-state index in [0.29, 0.717) is 5.92 Å². The highest BCUT2D eigenvalue weighted by atomic mass is 32.2. The molecule has 1 aliphatic heterocycles. The van der Waals surface area contributed by atoms with Crippen molar-refractivity contribution < 1.29 is 4.42 Å². The van der Waals surface area contributed by atoms with Crippen molar-refractivity contribution in [3.8, 4) is 0 Å². The first-order valence-electron chi connectivity index (χ1n) is 6.75. The Morgan fingerprint density at radius 1 is 1.32 bits per heavy atom. The Kier molecular flexibility index (Phi) is 3.67. The standard InChI is InChI=1S/C16H19NOS/c1-11-7-8-15(18-11)12(2)17-9-13-10-19-16-6-4-3-5-14(13)16/h3-8,12-13,17H,9-10H2,1-2H3. The molecule has 2 heterocycles. The van der Waals surface area contributed by atoms with Crippen LogP contribution in [0.1, 0.15) is 36.0 Å². The molecule has 0 bridgehead atoms. The summed E-state index contributed by atoms with van der Waals surface area (Å²) in [6.07, 6.45) is 0. The molecule has 1 N–H and O–H groups in total. The highest BCUT2D eigenvalue weighted by Gasteiger charge is 2.23. The van der Waals surface area contributed by atoms with Crippen molar-refractivity contribution in [2.45, 2.75) is 30.7 Å². The Morgan fingerprint density at radius 3 is 2.95 bits per heavy atom. The largest absolute Gasteiger partial charge is 0.465 e. The average Bonchev–Trinajstić information content (AvgIpc) is 3.02. The van der Waals surface area contributed by atoms with Crippen molar-refractivity contribution in [1.29, 1.82) is 0 Å². The average molecular weight is 273 g/mol. The van der Waals surface area contributed by atoms with Crippen molar-refractivity contribution in [3.63, 3.8) is 0 Å². The number of furan rings is 1. The van der Waals surface area contributed by atoms with E-state index in [1.807, 2.05) is 24.8 Å². The van der Waals surface area contributed by atoms with Crippen LogP contribution in [0.5, 0.6) is 0 Å². The third-order valence-corrected chi connectivity index (χ3v) is 4.91. The van der Waals surface area contributed by atoms with Gasteiger partial charge >= 0.3 is 0 Å². The van der Waals surface area contributed by atoms with Crippen LogP contribution in [0.3, 0.4) is 0 Å². The summed E-state index contributed by atoms with van der Waals surface area (Å²) in [6.45, 7) is 5.15. The molecule has 1 aliphatic rings. The van der Waals surface area contributed by atoms with Gasteiger partial charge in [-0.15, -0.1) is 11.8 Å². The molecule has 0 amide bonds. The zero-order valence-electron chi connectivity index (χ0n) is 11.3. The van der Waals surface area contributed by atoms with Gasteiger partial charge in [0.1, 0.15) is 11.5 Å². The van der Waals surface area contributed by atoms with E-state index < -0.39 is 0 Å². The van der Waals surface area contributed by atoms with Crippen LogP contribution < -0.4 is 5.32 Å². The molecule has 100 valence electrons. The van der Waals surface area contributed by atoms with Crippen LogP contribution >= 0.6 is 11.8 Å². The number of aryl methyl sites for hydroxylation is 1. The van der Waals surface area contributed by atoms with Crippen LogP contribution in [0.15, 0.2) is 45.7 Å². The molecule has 2 aromatic rings. The normalized spacial score (nSPS) is 19.4. The van der Waals surface area contributed by atoms with Crippen LogP contribution in [-0.2, 0) is 0 Å². The molecule has 2 unspecified atom stereocenters. The van der Waals surface area contributed by atoms with E-state index in [4.69, 9.17) is 4.42 Å². The zero-order valence-corrected chi connectivity index (χ0v) is 12.2. The van der Waals surface area contributed by atoms with Gasteiger partial charge in [0.15, 0.2) is 0 Å². The number of fused-ring (bicyclic) bond motifs is 1. The fourth-order valence-corrected chi connectivity index (χ4v) is 3.76. The highest BCUT2D eigenvalue weighted by molar-refractivity contribution is 7.99. The van der Waals surface area contributed by atoms with Crippen molar-refractivity contribution >= 4 is 11.8 Å². The molecular weight excluding hydrogens is 254 g/mol. The fourth-order valence-electron chi connectivity index (χ4n) is 2.50. The molecule has 0 spiro atoms. The molecule has 3 rings (SSSR count). The first-order valence-corrected chi connectivity index (χ1v) is 7.74. The van der Waals surface area contributed by atoms with Gasteiger partial charge in [0.05, 0.1) is 6.04 Å². The minimum absolute atomic E-state index is 0.270. The molecule has 0 saturated heterocycles. The van der Waals surface area contributed by atoms with Crippen LogP contribution in [-0.4, -0.2) is 12.3 Å². The summed E-state index contributed by atoms with van der Waals surface area (Å²) in [7, 11) is 0. The number of thioether (sulfide) groups is 1. The SMILES string of the molecule is Cc1ccc(C(C)NCC2CSc3ccccc32)o1. The van der Waals surface area contributed by atoms with E-state index in [-0.39, 0.29) is 6.04 Å². The molecule has 19 heavy (non-hydrogen) atoms. The third kappa shape index (κ3) is 2.72. The number of hydrogen-bond acceptors (Lipinski definition) is 3. The van der Waals surface area contributed by atoms with Gasteiger partial charge in [-0.3, -0.25) is 0 Å². The molecule has 3 heteroatoms. The van der Waals surface area contributed by atoms with Gasteiger partial charge in [-0.1, -0.05) is 18.2 Å². The Balaban J connectivity index is 1.62. The lowest BCUT2D eigenvalue weighted by Gasteiger charge is -2.16. The summed E-state index contributed by atoms with van der Waals surface area (Å²) in [4.78, 5) is 1.44. The molecule has 1 aromatic carbocycles. The molecular formula is C16H19NOS. The number of hydrogen-bond donors (Lipinski definition) is 1. The second-order valence-corrected chi connectivity index (χ2v) is 6.19. The summed E-state index contributed by atoms with van der Waals surface area (Å²) in [5.74, 6) is 3.79. The lowest BCUT2D eigenvalue weighted by Crippen LogP contribution is -2.24. The first kappa shape index (κ1) is 12.8. The summed E-state index contributed by atoms with van der Waals surface area (Å²) < 4.78 is 5.66. The molecule has 2 nitrogen and oxygen atoms in total. The Bertz CT molecular complexity index is 563. The smallest absolute Gasteiger partial charge is 0.120 e. The second-order valence-electron chi connectivity index (χ2n) is 5.12. The second kappa shape index (κ2) is 5.43. The number of benzene rings is 1. The Labute approximate surface area is 118 Å². The van der Waals surface area contributed by atoms with Gasteiger partial charge in [-0.25, -0.2) is 0 Å². The summed E-state index contributed by atoms with van der Waals surface area (Å²) in [5, 5.41) is 3.59. The zero-order chi connectivity index (χ0) is 13.2. The topological polar surface area (TPSA) is 25.2 Å². The monoisotopic (exact) mass is 273 g/mol. The maximum atomic E-state index is 5.66. The van der Waals surface area contributed by atoms with Crippen LogP contribution in [0.4, 0.5) is 0 Å². The molecule has 2 atom stereocenters. The molecule has 0 saturated carbocycles. The van der Waals surface area contributed by atoms with E-state index in [1.165, 1.54) is 16.2 Å². The van der Waals surface area contributed by atoms with Crippen molar-refractivity contribution in [3.05, 3.63) is 53.5 Å². The van der Waals surface area contributed by atoms with Gasteiger partial charge in [-0.2, -0.15) is 0 Å². The van der Waals surface area contributed by atoms with Crippen LogP contribution in [0.25, 0.3) is 0 Å². The third-order valence-electron chi connectivity index (χ3n) is 3.66. The van der Waals surface area contributed by atoms with Gasteiger partial charge < -0.3 is 9.73 Å². The van der Waals surface area contributed by atoms with Crippen molar-refractivity contribution in [2.24, 2.45) is 0 Å². The van der Waals surface area contributed by atoms with Crippen LogP contribution in [0.2, 0.25) is 0 Å². The van der Waals surface area contributed by atoms with Crippen molar-refractivity contribution in [1.82, 2.24) is 5.32 Å². The van der Waals surface area contributed by atoms with Crippen LogP contribution in [0, 0.1) is 6.92 Å². The Hall–Kier alpha value is -1.19. The van der Waals surface area contributed by atoms with E-state index in [2.05, 4.69) is 42.6 Å². The molecule has 0 fully saturated rings. The minimum atomic E-state index is 0.270. The predicted molar refractivity (Wildman–Crippen MR) is 79.8 cm³/mol. The number of rotatable bonds is 4. The van der Waals surface area contributed by atoms with Gasteiger partial charge in [0, 0.05) is 23.1 Å². The van der Waals surface area contributed by atoms with Gasteiger partial charge in [0.25, 0.3) is 0 Å². The maximum Gasteiger partial charge on any atom is 0.120 e. The van der Waals surface area contributed by atoms with E-state index in [9.17, 15) is 0 Å². The quantitative estimate of drug-likeness (QED) is 0.907. The molecule has 0 aliphatic carbocycles. The highest BCUT2D eigenvalue weighted by Crippen LogP contribution is 2.39. The van der Waals surface area contributed by atoms with Gasteiger partial charge in [-0.05, 0) is 37.6 Å². The first-order chi connectivity index (χ1) is 9.24. The lowest BCUT2D eigenvalue weighted by atomic mass is 10.0.